The Morgan fingerprint density at radius 1 is 1.83 bits per heavy atom. The molecule has 0 radical (unpaired) electrons. The summed E-state index contributed by atoms with van der Waals surface area (Å²) in [5.41, 5.74) is 0. The maximum atomic E-state index is 11.1. The van der Waals surface area contributed by atoms with Crippen LogP contribution in [0.15, 0.2) is 15.9 Å². The zero-order chi connectivity index (χ0) is 9.14. The van der Waals surface area contributed by atoms with E-state index in [0.717, 1.165) is 9.47 Å². The van der Waals surface area contributed by atoms with Crippen molar-refractivity contribution in [1.29, 1.82) is 0 Å². The van der Waals surface area contributed by atoms with Gasteiger partial charge >= 0.3 is 0 Å². The minimum absolute atomic E-state index is 0.0199. The van der Waals surface area contributed by atoms with Crippen molar-refractivity contribution in [2.45, 2.75) is 0 Å². The minimum atomic E-state index is -0.0917. The molecule has 5 heteroatoms. The summed E-state index contributed by atoms with van der Waals surface area (Å²) in [6, 6.07) is 1.88. The normalized spacial score (nSPS) is 9.92. The third-order valence-electron chi connectivity index (χ3n) is 1.37. The number of carbonyl (C=O) groups is 1. The van der Waals surface area contributed by atoms with Crippen LogP contribution in [0.25, 0.3) is 0 Å². The van der Waals surface area contributed by atoms with E-state index in [9.17, 15) is 4.79 Å². The van der Waals surface area contributed by atoms with E-state index in [4.69, 9.17) is 11.6 Å². The van der Waals surface area contributed by atoms with Gasteiger partial charge in [0.15, 0.2) is 0 Å². The lowest BCUT2D eigenvalue weighted by atomic mass is 10.5. The first kappa shape index (κ1) is 10.0. The van der Waals surface area contributed by atoms with Crippen molar-refractivity contribution < 1.29 is 4.79 Å². The molecule has 0 saturated heterocycles. The largest absolute Gasteiger partial charge is 0.306 e. The second kappa shape index (κ2) is 4.25. The van der Waals surface area contributed by atoms with E-state index < -0.39 is 0 Å². The molecule has 12 heavy (non-hydrogen) atoms. The standard InChI is InChI=1S/C7H7BrClNOS/c1-10(6(11)3-9)7-2-5(8)4-12-7/h2,4H,3H2,1H3. The molecule has 0 bridgehead atoms. The highest BCUT2D eigenvalue weighted by atomic mass is 79.9. The van der Waals surface area contributed by atoms with Gasteiger partial charge in [-0.05, 0) is 22.0 Å². The van der Waals surface area contributed by atoms with E-state index in [1.54, 1.807) is 11.9 Å². The van der Waals surface area contributed by atoms with E-state index in [2.05, 4.69) is 15.9 Å². The predicted molar refractivity (Wildman–Crippen MR) is 56.1 cm³/mol. The zero-order valence-corrected chi connectivity index (χ0v) is 9.54. The third-order valence-corrected chi connectivity index (χ3v) is 3.37. The van der Waals surface area contributed by atoms with Crippen molar-refractivity contribution >= 4 is 49.8 Å². The molecule has 0 spiro atoms. The van der Waals surface area contributed by atoms with Crippen LogP contribution in [0.5, 0.6) is 0 Å². The number of amides is 1. The van der Waals surface area contributed by atoms with Gasteiger partial charge in [0.05, 0.1) is 5.00 Å². The lowest BCUT2D eigenvalue weighted by Crippen LogP contribution is -2.26. The van der Waals surface area contributed by atoms with Crippen LogP contribution in [0.4, 0.5) is 5.00 Å². The molecule has 0 unspecified atom stereocenters. The zero-order valence-electron chi connectivity index (χ0n) is 6.38. The van der Waals surface area contributed by atoms with Gasteiger partial charge in [0, 0.05) is 16.9 Å². The van der Waals surface area contributed by atoms with Crippen LogP contribution in [0.2, 0.25) is 0 Å². The Bertz CT molecular complexity index is 289. The van der Waals surface area contributed by atoms with Crippen molar-refractivity contribution in [3.63, 3.8) is 0 Å². The fraction of sp³-hybridized carbons (Fsp3) is 0.286. The summed E-state index contributed by atoms with van der Waals surface area (Å²) in [7, 11) is 1.71. The molecule has 0 aromatic carbocycles. The molecular weight excluding hydrogens is 262 g/mol. The molecule has 0 aliphatic heterocycles. The van der Waals surface area contributed by atoms with E-state index >= 15 is 0 Å². The molecule has 1 aromatic heterocycles. The molecule has 1 heterocycles. The number of nitrogens with zero attached hydrogens (tertiary/aromatic N) is 1. The molecule has 2 nitrogen and oxygen atoms in total. The number of anilines is 1. The highest BCUT2D eigenvalue weighted by molar-refractivity contribution is 9.10. The summed E-state index contributed by atoms with van der Waals surface area (Å²) in [5.74, 6) is -0.0718. The van der Waals surface area contributed by atoms with Crippen molar-refractivity contribution in [1.82, 2.24) is 0 Å². The molecule has 1 aromatic rings. The Kier molecular flexibility index (Phi) is 3.55. The topological polar surface area (TPSA) is 20.3 Å². The first-order valence-electron chi connectivity index (χ1n) is 3.21. The first-order valence-corrected chi connectivity index (χ1v) is 5.42. The molecule has 0 fully saturated rings. The highest BCUT2D eigenvalue weighted by Crippen LogP contribution is 2.27. The molecule has 0 saturated carbocycles. The van der Waals surface area contributed by atoms with Crippen LogP contribution in [-0.2, 0) is 4.79 Å². The van der Waals surface area contributed by atoms with Crippen molar-refractivity contribution in [3.05, 3.63) is 15.9 Å². The Balaban J connectivity index is 2.77. The second-order valence-corrected chi connectivity index (χ2v) is 4.26. The van der Waals surface area contributed by atoms with E-state index in [0.29, 0.717) is 0 Å². The molecular formula is C7H7BrClNOS. The fourth-order valence-corrected chi connectivity index (χ4v) is 2.28. The third kappa shape index (κ3) is 2.21. The predicted octanol–water partition coefficient (Wildman–Crippen LogP) is 2.71. The molecule has 66 valence electrons. The van der Waals surface area contributed by atoms with Gasteiger partial charge in [0.25, 0.3) is 0 Å². The van der Waals surface area contributed by atoms with Gasteiger partial charge in [-0.2, -0.15) is 0 Å². The smallest absolute Gasteiger partial charge is 0.242 e. The Morgan fingerprint density at radius 2 is 2.50 bits per heavy atom. The average Bonchev–Trinajstić information content (AvgIpc) is 2.49. The van der Waals surface area contributed by atoms with E-state index in [-0.39, 0.29) is 11.8 Å². The fourth-order valence-electron chi connectivity index (χ4n) is 0.691. The van der Waals surface area contributed by atoms with Crippen LogP contribution in [0, 0.1) is 0 Å². The SMILES string of the molecule is CN(C(=O)CCl)c1cc(Br)cs1. The summed E-state index contributed by atoms with van der Waals surface area (Å²) in [4.78, 5) is 12.7. The van der Waals surface area contributed by atoms with Crippen molar-refractivity contribution in [2.24, 2.45) is 0 Å². The lowest BCUT2D eigenvalue weighted by molar-refractivity contribution is -0.115. The number of thiophene rings is 1. The van der Waals surface area contributed by atoms with Crippen LogP contribution in [-0.4, -0.2) is 18.8 Å². The van der Waals surface area contributed by atoms with Gasteiger partial charge in [-0.15, -0.1) is 22.9 Å². The van der Waals surface area contributed by atoms with Gasteiger partial charge in [-0.3, -0.25) is 4.79 Å². The lowest BCUT2D eigenvalue weighted by Gasteiger charge is -2.12. The summed E-state index contributed by atoms with van der Waals surface area (Å²) in [6.07, 6.45) is 0. The van der Waals surface area contributed by atoms with Crippen molar-refractivity contribution in [3.8, 4) is 0 Å². The number of alkyl halides is 1. The molecule has 1 amide bonds. The maximum Gasteiger partial charge on any atom is 0.242 e. The van der Waals surface area contributed by atoms with E-state index in [1.807, 2.05) is 11.4 Å². The Hall–Kier alpha value is -0.0600. The number of hydrogen-bond donors (Lipinski definition) is 0. The summed E-state index contributed by atoms with van der Waals surface area (Å²) >= 11 is 10.2. The summed E-state index contributed by atoms with van der Waals surface area (Å²) in [5, 5.41) is 2.82. The Morgan fingerprint density at radius 3 is 2.92 bits per heavy atom. The van der Waals surface area contributed by atoms with Crippen molar-refractivity contribution in [2.75, 3.05) is 17.8 Å². The van der Waals surface area contributed by atoms with Crippen LogP contribution >= 0.6 is 38.9 Å². The number of hydrogen-bond acceptors (Lipinski definition) is 2. The van der Waals surface area contributed by atoms with E-state index in [1.165, 1.54) is 11.3 Å². The monoisotopic (exact) mass is 267 g/mol. The first-order chi connectivity index (χ1) is 5.65. The van der Waals surface area contributed by atoms with Gasteiger partial charge in [0.1, 0.15) is 5.88 Å². The Labute approximate surface area is 88.3 Å². The van der Waals surface area contributed by atoms with Gasteiger partial charge in [0.2, 0.25) is 5.91 Å². The molecule has 0 aliphatic carbocycles. The van der Waals surface area contributed by atoms with Gasteiger partial charge in [-0.25, -0.2) is 0 Å². The van der Waals surface area contributed by atoms with Gasteiger partial charge < -0.3 is 4.90 Å². The highest BCUT2D eigenvalue weighted by Gasteiger charge is 2.10. The second-order valence-electron chi connectivity index (χ2n) is 2.19. The van der Waals surface area contributed by atoms with Crippen LogP contribution in [0.3, 0.4) is 0 Å². The van der Waals surface area contributed by atoms with Crippen LogP contribution < -0.4 is 4.90 Å². The molecule has 0 N–H and O–H groups in total. The van der Waals surface area contributed by atoms with Gasteiger partial charge in [-0.1, -0.05) is 0 Å². The minimum Gasteiger partial charge on any atom is -0.306 e. The number of halogens is 2. The summed E-state index contributed by atoms with van der Waals surface area (Å²) < 4.78 is 0.983. The van der Waals surface area contributed by atoms with Crippen LogP contribution in [0.1, 0.15) is 0 Å². The summed E-state index contributed by atoms with van der Waals surface area (Å²) in [6.45, 7) is 0. The molecule has 0 aliphatic rings. The molecule has 0 atom stereocenters. The maximum absolute atomic E-state index is 11.1. The number of carbonyl (C=O) groups excluding carboxylic acids is 1. The number of rotatable bonds is 2. The molecule has 1 rings (SSSR count). The average molecular weight is 269 g/mol. The quantitative estimate of drug-likeness (QED) is 0.755.